The van der Waals surface area contributed by atoms with Gasteiger partial charge in [-0.2, -0.15) is 0 Å². The summed E-state index contributed by atoms with van der Waals surface area (Å²) < 4.78 is 26.0. The van der Waals surface area contributed by atoms with Gasteiger partial charge < -0.3 is 10.4 Å². The van der Waals surface area contributed by atoms with Crippen molar-refractivity contribution in [2.45, 2.75) is 18.9 Å². The fourth-order valence-electron chi connectivity index (χ4n) is 2.17. The first-order valence-electron chi connectivity index (χ1n) is 5.63. The third kappa shape index (κ3) is 2.76. The molecule has 17 heavy (non-hydrogen) atoms. The summed E-state index contributed by atoms with van der Waals surface area (Å²) in [5.41, 5.74) is 0.263. The average molecular weight is 262 g/mol. The van der Waals surface area contributed by atoms with Crippen molar-refractivity contribution in [3.8, 4) is 0 Å². The van der Waals surface area contributed by atoms with Crippen molar-refractivity contribution in [3.63, 3.8) is 0 Å². The smallest absolute Gasteiger partial charge is 0.160 e. The quantitative estimate of drug-likeness (QED) is 0.803. The second kappa shape index (κ2) is 5.29. The van der Waals surface area contributed by atoms with E-state index in [9.17, 15) is 13.9 Å². The summed E-state index contributed by atoms with van der Waals surface area (Å²) in [6.45, 7) is 1.59. The molecule has 0 bridgehead atoms. The van der Waals surface area contributed by atoms with E-state index in [1.54, 1.807) is 0 Å². The first-order chi connectivity index (χ1) is 8.09. The first kappa shape index (κ1) is 12.7. The monoisotopic (exact) mass is 261 g/mol. The summed E-state index contributed by atoms with van der Waals surface area (Å²) >= 11 is 5.83. The van der Waals surface area contributed by atoms with E-state index < -0.39 is 17.7 Å². The van der Waals surface area contributed by atoms with E-state index in [0.29, 0.717) is 6.54 Å². The number of nitrogens with one attached hydrogen (secondary N) is 1. The van der Waals surface area contributed by atoms with Gasteiger partial charge >= 0.3 is 0 Å². The molecule has 0 aliphatic carbocycles. The van der Waals surface area contributed by atoms with Crippen LogP contribution in [0.5, 0.6) is 0 Å². The molecule has 5 heteroatoms. The second-order valence-corrected chi connectivity index (χ2v) is 4.75. The Morgan fingerprint density at radius 1 is 1.35 bits per heavy atom. The predicted octanol–water partition coefficient (Wildman–Crippen LogP) is 2.65. The third-order valence-corrected chi connectivity index (χ3v) is 3.47. The van der Waals surface area contributed by atoms with Crippen molar-refractivity contribution in [3.05, 3.63) is 34.4 Å². The summed E-state index contributed by atoms with van der Waals surface area (Å²) in [7, 11) is 0. The summed E-state index contributed by atoms with van der Waals surface area (Å²) in [6.07, 6.45) is 0.956. The highest BCUT2D eigenvalue weighted by atomic mass is 35.5. The van der Waals surface area contributed by atoms with Gasteiger partial charge in [-0.3, -0.25) is 0 Å². The van der Waals surface area contributed by atoms with Crippen LogP contribution in [0.4, 0.5) is 8.78 Å². The normalized spacial score (nSPS) is 22.5. The van der Waals surface area contributed by atoms with Crippen molar-refractivity contribution >= 4 is 11.6 Å². The van der Waals surface area contributed by atoms with E-state index in [4.69, 9.17) is 11.6 Å². The molecule has 1 heterocycles. The zero-order valence-electron chi connectivity index (χ0n) is 9.22. The summed E-state index contributed by atoms with van der Waals surface area (Å²) in [5.74, 6) is -1.98. The minimum Gasteiger partial charge on any atom is -0.388 e. The Morgan fingerprint density at radius 2 is 2.06 bits per heavy atom. The lowest BCUT2D eigenvalue weighted by Crippen LogP contribution is -2.33. The largest absolute Gasteiger partial charge is 0.388 e. The Balaban J connectivity index is 2.23. The number of halogens is 3. The highest BCUT2D eigenvalue weighted by Crippen LogP contribution is 2.32. The van der Waals surface area contributed by atoms with Gasteiger partial charge in [-0.15, -0.1) is 0 Å². The van der Waals surface area contributed by atoms with Gasteiger partial charge in [0.2, 0.25) is 0 Å². The van der Waals surface area contributed by atoms with Crippen LogP contribution in [0, 0.1) is 17.6 Å². The van der Waals surface area contributed by atoms with E-state index in [-0.39, 0.29) is 16.5 Å². The first-order valence-corrected chi connectivity index (χ1v) is 6.00. The molecular weight excluding hydrogens is 248 g/mol. The lowest BCUT2D eigenvalue weighted by atomic mass is 9.89. The van der Waals surface area contributed by atoms with Crippen molar-refractivity contribution in [1.82, 2.24) is 5.32 Å². The average Bonchev–Trinajstić information content (AvgIpc) is 2.34. The molecule has 2 unspecified atom stereocenters. The molecule has 0 radical (unpaired) electrons. The van der Waals surface area contributed by atoms with Gasteiger partial charge in [0.05, 0.1) is 6.10 Å². The van der Waals surface area contributed by atoms with Gasteiger partial charge in [0.1, 0.15) is 0 Å². The Labute approximate surface area is 104 Å². The lowest BCUT2D eigenvalue weighted by Gasteiger charge is -2.28. The zero-order chi connectivity index (χ0) is 12.4. The molecule has 2 rings (SSSR count). The van der Waals surface area contributed by atoms with Crippen LogP contribution in [0.3, 0.4) is 0 Å². The molecule has 1 aliphatic rings. The van der Waals surface area contributed by atoms with Crippen molar-refractivity contribution in [1.29, 1.82) is 0 Å². The maximum absolute atomic E-state index is 13.1. The van der Waals surface area contributed by atoms with Gasteiger partial charge in [-0.25, -0.2) is 8.78 Å². The molecule has 0 aromatic heterocycles. The highest BCUT2D eigenvalue weighted by molar-refractivity contribution is 6.31. The van der Waals surface area contributed by atoms with Gasteiger partial charge in [0.25, 0.3) is 0 Å². The Bertz CT molecular complexity index is 408. The van der Waals surface area contributed by atoms with Gasteiger partial charge in [0, 0.05) is 23.0 Å². The molecular formula is C12H14ClF2NO. The maximum atomic E-state index is 13.1. The van der Waals surface area contributed by atoms with Gasteiger partial charge in [-0.1, -0.05) is 11.6 Å². The van der Waals surface area contributed by atoms with Crippen molar-refractivity contribution in [2.75, 3.05) is 13.1 Å². The van der Waals surface area contributed by atoms with Crippen LogP contribution in [0.15, 0.2) is 12.1 Å². The number of aliphatic hydroxyl groups excluding tert-OH is 1. The number of hydrogen-bond donors (Lipinski definition) is 2. The minimum atomic E-state index is -0.993. The van der Waals surface area contributed by atoms with Crippen LogP contribution in [0.2, 0.25) is 5.02 Å². The molecule has 1 aliphatic heterocycles. The zero-order valence-corrected chi connectivity index (χ0v) is 9.97. The predicted molar refractivity (Wildman–Crippen MR) is 61.9 cm³/mol. The van der Waals surface area contributed by atoms with E-state index >= 15 is 0 Å². The van der Waals surface area contributed by atoms with E-state index in [0.717, 1.165) is 31.5 Å². The number of piperidine rings is 1. The molecule has 0 amide bonds. The van der Waals surface area contributed by atoms with E-state index in [1.807, 2.05) is 0 Å². The number of aliphatic hydroxyl groups is 1. The summed E-state index contributed by atoms with van der Waals surface area (Å²) in [6, 6.07) is 1.89. The van der Waals surface area contributed by atoms with Crippen molar-refractivity contribution < 1.29 is 13.9 Å². The number of rotatable bonds is 2. The Kier molecular flexibility index (Phi) is 3.97. The van der Waals surface area contributed by atoms with E-state index in [2.05, 4.69) is 5.32 Å². The van der Waals surface area contributed by atoms with Crippen LogP contribution in [0.1, 0.15) is 24.5 Å². The molecule has 1 aromatic rings. The molecule has 94 valence electrons. The van der Waals surface area contributed by atoms with Crippen LogP contribution in [-0.2, 0) is 0 Å². The van der Waals surface area contributed by atoms with Crippen LogP contribution < -0.4 is 5.32 Å². The van der Waals surface area contributed by atoms with E-state index in [1.165, 1.54) is 0 Å². The standard InChI is InChI=1S/C12H14ClF2NO/c13-9-5-11(15)10(14)4-8(9)12(17)7-2-1-3-16-6-7/h4-5,7,12,16-17H,1-3,6H2. The fraction of sp³-hybridized carbons (Fsp3) is 0.500. The van der Waals surface area contributed by atoms with Gasteiger partial charge in [-0.05, 0) is 31.5 Å². The number of benzene rings is 1. The molecule has 2 atom stereocenters. The van der Waals surface area contributed by atoms with Crippen molar-refractivity contribution in [2.24, 2.45) is 5.92 Å². The molecule has 1 aromatic carbocycles. The Morgan fingerprint density at radius 3 is 2.71 bits per heavy atom. The van der Waals surface area contributed by atoms with Gasteiger partial charge in [0.15, 0.2) is 11.6 Å². The topological polar surface area (TPSA) is 32.3 Å². The molecule has 0 spiro atoms. The molecule has 0 saturated carbocycles. The fourth-order valence-corrected chi connectivity index (χ4v) is 2.43. The Hall–Kier alpha value is -0.710. The second-order valence-electron chi connectivity index (χ2n) is 4.34. The molecule has 2 nitrogen and oxygen atoms in total. The van der Waals surface area contributed by atoms with Crippen LogP contribution in [0.25, 0.3) is 0 Å². The molecule has 1 fully saturated rings. The maximum Gasteiger partial charge on any atom is 0.160 e. The lowest BCUT2D eigenvalue weighted by molar-refractivity contribution is 0.0918. The SMILES string of the molecule is OC(c1cc(F)c(F)cc1Cl)C1CCCNC1. The summed E-state index contributed by atoms with van der Waals surface area (Å²) in [4.78, 5) is 0. The number of hydrogen-bond acceptors (Lipinski definition) is 2. The molecule has 1 saturated heterocycles. The van der Waals surface area contributed by atoms with Crippen LogP contribution in [-0.4, -0.2) is 18.2 Å². The molecule has 2 N–H and O–H groups in total. The third-order valence-electron chi connectivity index (χ3n) is 3.14. The minimum absolute atomic E-state index is 0.00823. The summed E-state index contributed by atoms with van der Waals surface area (Å²) in [5, 5.41) is 13.4. The highest BCUT2D eigenvalue weighted by Gasteiger charge is 2.25. The van der Waals surface area contributed by atoms with Crippen LogP contribution >= 0.6 is 11.6 Å².